The fourth-order valence-corrected chi connectivity index (χ4v) is 4.45. The molecule has 2 aromatic heterocycles. The van der Waals surface area contributed by atoms with Gasteiger partial charge in [0.1, 0.15) is 5.52 Å². The van der Waals surface area contributed by atoms with Gasteiger partial charge in [0, 0.05) is 43.7 Å². The number of carbonyl (C=O) groups excluding carboxylic acids is 2. The average Bonchev–Trinajstić information content (AvgIpc) is 3.51. The molecule has 8 nitrogen and oxygen atoms in total. The molecule has 0 radical (unpaired) electrons. The first-order valence-electron chi connectivity index (χ1n) is 12.2. The smallest absolute Gasteiger partial charge is 0.364 e. The molecule has 0 atom stereocenters. The summed E-state index contributed by atoms with van der Waals surface area (Å²) in [7, 11) is 0. The van der Waals surface area contributed by atoms with E-state index >= 15 is 0 Å². The molecule has 3 heterocycles. The lowest BCUT2D eigenvalue weighted by atomic mass is 10.1. The SMILES string of the molecule is CC(=O)c1cccc(-c2nc(NCc3cccc(C(F)(F)F)c3)c3ncn(CCN4CCCC4=O)c3n2)c1. The quantitative estimate of drug-likeness (QED) is 0.329. The molecule has 38 heavy (non-hydrogen) atoms. The maximum Gasteiger partial charge on any atom is 0.416 e. The maximum atomic E-state index is 13.2. The maximum absolute atomic E-state index is 13.2. The number of nitrogens with zero attached hydrogens (tertiary/aromatic N) is 5. The van der Waals surface area contributed by atoms with Gasteiger partial charge >= 0.3 is 6.18 Å². The molecule has 1 fully saturated rings. The Labute approximate surface area is 216 Å². The molecule has 11 heteroatoms. The van der Waals surface area contributed by atoms with E-state index < -0.39 is 11.7 Å². The number of Topliss-reactive ketones (excluding diaryl/α,β-unsaturated/α-hetero) is 1. The van der Waals surface area contributed by atoms with Gasteiger partial charge in [0.25, 0.3) is 0 Å². The number of likely N-dealkylation sites (tertiary alicyclic amines) is 1. The third-order valence-electron chi connectivity index (χ3n) is 6.49. The Morgan fingerprint density at radius 2 is 1.89 bits per heavy atom. The lowest BCUT2D eigenvalue weighted by Crippen LogP contribution is -2.28. The number of rotatable bonds is 8. The molecule has 1 aliphatic rings. The number of amides is 1. The number of aromatic nitrogens is 4. The van der Waals surface area contributed by atoms with Gasteiger partial charge in [-0.15, -0.1) is 0 Å². The largest absolute Gasteiger partial charge is 0.416 e. The summed E-state index contributed by atoms with van der Waals surface area (Å²) in [6.07, 6.45) is -1.44. The van der Waals surface area contributed by atoms with Crippen molar-refractivity contribution in [3.63, 3.8) is 0 Å². The number of hydrogen-bond acceptors (Lipinski definition) is 6. The number of imidazole rings is 1. The van der Waals surface area contributed by atoms with Crippen molar-refractivity contribution in [3.05, 3.63) is 71.5 Å². The number of anilines is 1. The number of carbonyl (C=O) groups is 2. The molecule has 0 spiro atoms. The van der Waals surface area contributed by atoms with Gasteiger partial charge in [-0.1, -0.05) is 30.3 Å². The molecular formula is C27H25F3N6O2. The second kappa shape index (κ2) is 10.2. The summed E-state index contributed by atoms with van der Waals surface area (Å²) < 4.78 is 41.4. The zero-order chi connectivity index (χ0) is 26.9. The first-order chi connectivity index (χ1) is 18.2. The molecule has 5 rings (SSSR count). The summed E-state index contributed by atoms with van der Waals surface area (Å²) in [6.45, 7) is 3.25. The molecule has 2 aromatic carbocycles. The monoisotopic (exact) mass is 522 g/mol. The lowest BCUT2D eigenvalue weighted by Gasteiger charge is -2.16. The van der Waals surface area contributed by atoms with Crippen LogP contribution in [0.25, 0.3) is 22.6 Å². The molecule has 0 unspecified atom stereocenters. The molecule has 4 aromatic rings. The number of halogens is 3. The normalized spacial score (nSPS) is 13.9. The number of hydrogen-bond donors (Lipinski definition) is 1. The Balaban J connectivity index is 1.50. The first kappa shape index (κ1) is 25.4. The first-order valence-corrected chi connectivity index (χ1v) is 12.2. The van der Waals surface area contributed by atoms with Crippen LogP contribution in [0.5, 0.6) is 0 Å². The van der Waals surface area contributed by atoms with Crippen LogP contribution < -0.4 is 5.32 Å². The summed E-state index contributed by atoms with van der Waals surface area (Å²) >= 11 is 0. The van der Waals surface area contributed by atoms with Crippen molar-refractivity contribution in [2.45, 2.75) is 39.0 Å². The molecule has 0 saturated carbocycles. The van der Waals surface area contributed by atoms with Crippen molar-refractivity contribution in [1.29, 1.82) is 0 Å². The van der Waals surface area contributed by atoms with Gasteiger partial charge < -0.3 is 14.8 Å². The topological polar surface area (TPSA) is 93.0 Å². The number of ketones is 1. The van der Waals surface area contributed by atoms with Crippen LogP contribution in [0, 0.1) is 0 Å². The third-order valence-corrected chi connectivity index (χ3v) is 6.49. The summed E-state index contributed by atoms with van der Waals surface area (Å²) in [5, 5.41) is 3.12. The van der Waals surface area contributed by atoms with Gasteiger partial charge in [0.2, 0.25) is 5.91 Å². The van der Waals surface area contributed by atoms with E-state index in [1.54, 1.807) is 41.6 Å². The predicted octanol–water partition coefficient (Wildman–Crippen LogP) is 4.95. The van der Waals surface area contributed by atoms with E-state index in [1.165, 1.54) is 13.0 Å². The number of alkyl halides is 3. The summed E-state index contributed by atoms with van der Waals surface area (Å²) in [5.41, 5.74) is 1.79. The van der Waals surface area contributed by atoms with E-state index in [2.05, 4.69) is 15.3 Å². The van der Waals surface area contributed by atoms with Crippen molar-refractivity contribution in [1.82, 2.24) is 24.4 Å². The second-order valence-electron chi connectivity index (χ2n) is 9.18. The number of benzene rings is 2. The molecule has 196 valence electrons. The minimum absolute atomic E-state index is 0.0814. The summed E-state index contributed by atoms with van der Waals surface area (Å²) in [5.74, 6) is 0.711. The minimum atomic E-state index is -4.44. The standard InChI is InChI=1S/C27H25F3N6O2/c1-17(37)19-6-3-7-20(14-19)24-33-25(31-15-18-5-2-8-21(13-18)27(28,29)30)23-26(34-24)36(16-32-23)12-11-35-10-4-9-22(35)38/h2-3,5-8,13-14,16H,4,9-12,15H2,1H3,(H,31,33,34). The molecule has 1 N–H and O–H groups in total. The van der Waals surface area contributed by atoms with Crippen molar-refractivity contribution < 1.29 is 22.8 Å². The Kier molecular flexibility index (Phi) is 6.83. The Bertz CT molecular complexity index is 1510. The van der Waals surface area contributed by atoms with E-state index in [-0.39, 0.29) is 18.2 Å². The summed E-state index contributed by atoms with van der Waals surface area (Å²) in [4.78, 5) is 39.6. The molecule has 1 saturated heterocycles. The van der Waals surface area contributed by atoms with E-state index in [0.717, 1.165) is 18.6 Å². The molecule has 1 amide bonds. The van der Waals surface area contributed by atoms with Crippen molar-refractivity contribution in [2.24, 2.45) is 0 Å². The van der Waals surface area contributed by atoms with Crippen LogP contribution in [-0.4, -0.2) is 49.2 Å². The zero-order valence-corrected chi connectivity index (χ0v) is 20.6. The number of nitrogens with one attached hydrogen (secondary N) is 1. The Morgan fingerprint density at radius 1 is 1.08 bits per heavy atom. The lowest BCUT2D eigenvalue weighted by molar-refractivity contribution is -0.137. The van der Waals surface area contributed by atoms with Crippen LogP contribution in [0.15, 0.2) is 54.9 Å². The van der Waals surface area contributed by atoms with Gasteiger partial charge in [-0.2, -0.15) is 13.2 Å². The van der Waals surface area contributed by atoms with Gasteiger partial charge in [0.05, 0.1) is 11.9 Å². The predicted molar refractivity (Wildman–Crippen MR) is 135 cm³/mol. The Morgan fingerprint density at radius 3 is 2.63 bits per heavy atom. The van der Waals surface area contributed by atoms with Gasteiger partial charge in [-0.25, -0.2) is 15.0 Å². The highest BCUT2D eigenvalue weighted by molar-refractivity contribution is 5.95. The average molecular weight is 523 g/mol. The highest BCUT2D eigenvalue weighted by Crippen LogP contribution is 2.30. The van der Waals surface area contributed by atoms with Crippen molar-refractivity contribution in [2.75, 3.05) is 18.4 Å². The van der Waals surface area contributed by atoms with E-state index in [0.29, 0.717) is 65.6 Å². The van der Waals surface area contributed by atoms with Gasteiger partial charge in [0.15, 0.2) is 23.1 Å². The Hall–Kier alpha value is -4.28. The van der Waals surface area contributed by atoms with E-state index in [4.69, 9.17) is 4.98 Å². The number of fused-ring (bicyclic) bond motifs is 1. The van der Waals surface area contributed by atoms with E-state index in [9.17, 15) is 22.8 Å². The molecule has 1 aliphatic heterocycles. The zero-order valence-electron chi connectivity index (χ0n) is 20.6. The second-order valence-corrected chi connectivity index (χ2v) is 9.18. The van der Waals surface area contributed by atoms with Crippen LogP contribution in [0.2, 0.25) is 0 Å². The summed E-state index contributed by atoms with van der Waals surface area (Å²) in [6, 6.07) is 12.0. The highest BCUT2D eigenvalue weighted by Gasteiger charge is 2.30. The van der Waals surface area contributed by atoms with Gasteiger partial charge in [-0.3, -0.25) is 9.59 Å². The van der Waals surface area contributed by atoms with Crippen LogP contribution in [0.3, 0.4) is 0 Å². The molecule has 0 aliphatic carbocycles. The third kappa shape index (κ3) is 5.36. The fourth-order valence-electron chi connectivity index (χ4n) is 4.45. The van der Waals surface area contributed by atoms with Crippen LogP contribution >= 0.6 is 0 Å². The minimum Gasteiger partial charge on any atom is -0.364 e. The molecular weight excluding hydrogens is 497 g/mol. The highest BCUT2D eigenvalue weighted by atomic mass is 19.4. The van der Waals surface area contributed by atoms with Gasteiger partial charge in [-0.05, 0) is 37.1 Å². The van der Waals surface area contributed by atoms with Crippen LogP contribution in [-0.2, 0) is 24.1 Å². The van der Waals surface area contributed by atoms with E-state index in [1.807, 2.05) is 4.57 Å². The fraction of sp³-hybridized carbons (Fsp3) is 0.296. The molecule has 0 bridgehead atoms. The van der Waals surface area contributed by atoms with Crippen LogP contribution in [0.4, 0.5) is 19.0 Å². The van der Waals surface area contributed by atoms with Crippen molar-refractivity contribution >= 4 is 28.7 Å². The van der Waals surface area contributed by atoms with Crippen molar-refractivity contribution in [3.8, 4) is 11.4 Å². The van der Waals surface area contributed by atoms with Crippen LogP contribution in [0.1, 0.15) is 41.3 Å².